The Morgan fingerprint density at radius 3 is 2.58 bits per heavy atom. The van der Waals surface area contributed by atoms with Crippen LogP contribution in [0.15, 0.2) is 46.3 Å². The van der Waals surface area contributed by atoms with E-state index in [1.807, 2.05) is 0 Å². The van der Waals surface area contributed by atoms with Crippen LogP contribution in [0.5, 0.6) is 11.5 Å². The molecule has 0 saturated heterocycles. The fraction of sp³-hybridized carbons (Fsp3) is 0.500. The van der Waals surface area contributed by atoms with Crippen LogP contribution in [0.25, 0.3) is 0 Å². The van der Waals surface area contributed by atoms with Crippen molar-refractivity contribution in [3.05, 3.63) is 47.8 Å². The molecule has 2 saturated carbocycles. The van der Waals surface area contributed by atoms with Gasteiger partial charge in [0.2, 0.25) is 0 Å². The predicted molar refractivity (Wildman–Crippen MR) is 141 cm³/mol. The van der Waals surface area contributed by atoms with Crippen LogP contribution in [0.3, 0.4) is 0 Å². The smallest absolute Gasteiger partial charge is 0.446 e. The van der Waals surface area contributed by atoms with Gasteiger partial charge in [0.05, 0.1) is 18.8 Å². The Hall–Kier alpha value is -2.75. The van der Waals surface area contributed by atoms with E-state index < -0.39 is 17.2 Å². The van der Waals surface area contributed by atoms with Gasteiger partial charge in [-0.2, -0.15) is 13.2 Å². The van der Waals surface area contributed by atoms with Gasteiger partial charge >= 0.3 is 5.51 Å². The highest BCUT2D eigenvalue weighted by Crippen LogP contribution is 2.38. The van der Waals surface area contributed by atoms with Crippen molar-refractivity contribution in [1.29, 1.82) is 0 Å². The third kappa shape index (κ3) is 7.65. The summed E-state index contributed by atoms with van der Waals surface area (Å²) in [6.07, 6.45) is 5.89. The van der Waals surface area contributed by atoms with E-state index in [-0.39, 0.29) is 45.7 Å². The Bertz CT molecular complexity index is 1160. The Morgan fingerprint density at radius 1 is 1.11 bits per heavy atom. The molecule has 2 fully saturated rings. The zero-order valence-electron chi connectivity index (χ0n) is 21.4. The van der Waals surface area contributed by atoms with Gasteiger partial charge in [-0.3, -0.25) is 4.79 Å². The molecule has 2 aromatic rings. The maximum atomic E-state index is 14.7. The minimum absolute atomic E-state index is 0.0233. The zero-order chi connectivity index (χ0) is 27.3. The van der Waals surface area contributed by atoms with E-state index in [1.165, 1.54) is 25.3 Å². The Kier molecular flexibility index (Phi) is 9.23. The molecule has 4 rings (SSSR count). The van der Waals surface area contributed by atoms with E-state index in [9.17, 15) is 22.4 Å². The number of nitrogens with one attached hydrogen (secondary N) is 1. The summed E-state index contributed by atoms with van der Waals surface area (Å²) in [5.74, 6) is -0.430. The van der Waals surface area contributed by atoms with Crippen molar-refractivity contribution in [1.82, 2.24) is 0 Å². The second kappa shape index (κ2) is 12.4. The number of carbonyl (C=O) groups is 1. The molecule has 1 N–H and O–H groups in total. The number of alkyl halides is 3. The van der Waals surface area contributed by atoms with Crippen LogP contribution in [-0.2, 0) is 0 Å². The normalized spacial score (nSPS) is 22.9. The average Bonchev–Trinajstić information content (AvgIpc) is 3.31. The third-order valence-electron chi connectivity index (χ3n) is 7.06. The molecule has 1 atom stereocenters. The number of anilines is 1. The van der Waals surface area contributed by atoms with Crippen molar-refractivity contribution in [3.8, 4) is 11.5 Å². The Labute approximate surface area is 224 Å². The van der Waals surface area contributed by atoms with Crippen LogP contribution < -0.4 is 14.8 Å². The van der Waals surface area contributed by atoms with E-state index in [1.54, 1.807) is 12.1 Å². The van der Waals surface area contributed by atoms with Crippen molar-refractivity contribution in [3.63, 3.8) is 0 Å². The number of amides is 1. The first-order chi connectivity index (χ1) is 18.1. The van der Waals surface area contributed by atoms with Crippen molar-refractivity contribution >= 4 is 29.1 Å². The van der Waals surface area contributed by atoms with Gasteiger partial charge in [0.1, 0.15) is 5.75 Å². The molecular weight excluding hydrogens is 520 g/mol. The summed E-state index contributed by atoms with van der Waals surface area (Å²) >= 11 is -0.161. The van der Waals surface area contributed by atoms with Crippen molar-refractivity contribution < 1.29 is 31.8 Å². The number of aliphatic imine (C=N–C) groups is 1. The summed E-state index contributed by atoms with van der Waals surface area (Å²) in [6, 6.07) is 8.67. The molecule has 0 aromatic heterocycles. The molecule has 206 valence electrons. The highest BCUT2D eigenvalue weighted by molar-refractivity contribution is 8.00. The average molecular weight is 553 g/mol. The number of halogens is 4. The standard InChI is InChI=1S/C28H32F4N2O3S/c1-17-9-11-20(12-10-17)37-26-14-22(25(36-2)15-23(26)29)27(35)34-24-8-3-5-18(24)16-33-19-6-4-7-21(13-19)38-28(30,31)32/h4,6-7,13-15,17-18,20,33H,3,5,8-12,16H2,1-2H3/b34-24+. The fourth-order valence-corrected chi connectivity index (χ4v) is 5.59. The molecule has 0 heterocycles. The number of methoxy groups -OCH3 is 1. The molecule has 10 heteroatoms. The topological polar surface area (TPSA) is 59.9 Å². The summed E-state index contributed by atoms with van der Waals surface area (Å²) in [5.41, 5.74) is -2.95. The number of benzene rings is 2. The quantitative estimate of drug-likeness (QED) is 0.267. The first-order valence-electron chi connectivity index (χ1n) is 12.9. The number of hydrogen-bond donors (Lipinski definition) is 1. The number of carbonyl (C=O) groups excluding carboxylic acids is 1. The van der Waals surface area contributed by atoms with Crippen LogP contribution >= 0.6 is 11.8 Å². The zero-order valence-corrected chi connectivity index (χ0v) is 22.3. The monoisotopic (exact) mass is 552 g/mol. The van der Waals surface area contributed by atoms with Gasteiger partial charge in [-0.05, 0) is 86.9 Å². The number of nitrogens with zero attached hydrogens (tertiary/aromatic N) is 1. The lowest BCUT2D eigenvalue weighted by Gasteiger charge is -2.27. The van der Waals surface area contributed by atoms with Crippen molar-refractivity contribution in [2.24, 2.45) is 16.8 Å². The minimum Gasteiger partial charge on any atom is -0.496 e. The van der Waals surface area contributed by atoms with Crippen LogP contribution in [0.1, 0.15) is 62.2 Å². The van der Waals surface area contributed by atoms with E-state index >= 15 is 0 Å². The largest absolute Gasteiger partial charge is 0.496 e. The summed E-state index contributed by atoms with van der Waals surface area (Å²) < 4.78 is 64.1. The molecule has 2 aliphatic carbocycles. The van der Waals surface area contributed by atoms with Crippen LogP contribution in [0.2, 0.25) is 0 Å². The Morgan fingerprint density at radius 2 is 1.87 bits per heavy atom. The van der Waals surface area contributed by atoms with Crippen molar-refractivity contribution in [2.75, 3.05) is 19.0 Å². The van der Waals surface area contributed by atoms with Crippen LogP contribution in [0.4, 0.5) is 23.2 Å². The second-order valence-electron chi connectivity index (χ2n) is 9.94. The summed E-state index contributed by atoms with van der Waals surface area (Å²) in [4.78, 5) is 17.7. The van der Waals surface area contributed by atoms with Crippen LogP contribution in [-0.4, -0.2) is 36.9 Å². The van der Waals surface area contributed by atoms with Gasteiger partial charge in [-0.25, -0.2) is 9.38 Å². The van der Waals surface area contributed by atoms with Gasteiger partial charge in [-0.1, -0.05) is 13.0 Å². The van der Waals surface area contributed by atoms with E-state index in [4.69, 9.17) is 9.47 Å². The van der Waals surface area contributed by atoms with Gasteiger partial charge in [0.15, 0.2) is 11.6 Å². The molecular formula is C28H32F4N2O3S. The molecule has 1 amide bonds. The summed E-state index contributed by atoms with van der Waals surface area (Å²) in [7, 11) is 1.37. The third-order valence-corrected chi connectivity index (χ3v) is 7.78. The molecule has 38 heavy (non-hydrogen) atoms. The van der Waals surface area contributed by atoms with Gasteiger partial charge in [-0.15, -0.1) is 0 Å². The highest BCUT2D eigenvalue weighted by Gasteiger charge is 2.30. The summed E-state index contributed by atoms with van der Waals surface area (Å²) in [5, 5.41) is 3.18. The molecule has 0 bridgehead atoms. The molecule has 0 spiro atoms. The molecule has 0 aliphatic heterocycles. The molecule has 2 aromatic carbocycles. The SMILES string of the molecule is COc1cc(F)c(OC2CCC(C)CC2)cc1C(=O)/N=C1\CCCC1CNc1cccc(SC(F)(F)F)c1. The van der Waals surface area contributed by atoms with E-state index in [2.05, 4.69) is 17.2 Å². The first kappa shape index (κ1) is 28.3. The van der Waals surface area contributed by atoms with Crippen LogP contribution in [0, 0.1) is 17.7 Å². The minimum atomic E-state index is -4.36. The molecule has 0 radical (unpaired) electrons. The first-order valence-corrected chi connectivity index (χ1v) is 13.7. The number of ether oxygens (including phenoxy) is 2. The lowest BCUT2D eigenvalue weighted by molar-refractivity contribution is -0.0328. The highest BCUT2D eigenvalue weighted by atomic mass is 32.2. The maximum Gasteiger partial charge on any atom is 0.446 e. The molecule has 2 aliphatic rings. The number of thioether (sulfide) groups is 1. The second-order valence-corrected chi connectivity index (χ2v) is 11.1. The predicted octanol–water partition coefficient (Wildman–Crippen LogP) is 7.90. The lowest BCUT2D eigenvalue weighted by Crippen LogP contribution is -2.23. The molecule has 1 unspecified atom stereocenters. The lowest BCUT2D eigenvalue weighted by atomic mass is 9.89. The fourth-order valence-electron chi connectivity index (χ4n) is 4.99. The number of hydrogen-bond acceptors (Lipinski definition) is 5. The Balaban J connectivity index is 1.45. The molecule has 5 nitrogen and oxygen atoms in total. The van der Waals surface area contributed by atoms with E-state index in [0.717, 1.165) is 44.6 Å². The van der Waals surface area contributed by atoms with Gasteiger partial charge in [0, 0.05) is 34.8 Å². The number of rotatable bonds is 8. The summed E-state index contributed by atoms with van der Waals surface area (Å²) in [6.45, 7) is 2.62. The van der Waals surface area contributed by atoms with Gasteiger partial charge < -0.3 is 14.8 Å². The maximum absolute atomic E-state index is 14.7. The van der Waals surface area contributed by atoms with E-state index in [0.29, 0.717) is 30.3 Å². The van der Waals surface area contributed by atoms with Gasteiger partial charge in [0.25, 0.3) is 5.91 Å². The van der Waals surface area contributed by atoms with Crippen molar-refractivity contribution in [2.45, 2.75) is 68.4 Å².